The zero-order valence-electron chi connectivity index (χ0n) is 10.8. The van der Waals surface area contributed by atoms with Crippen LogP contribution < -0.4 is 0 Å². The van der Waals surface area contributed by atoms with Crippen LogP contribution in [-0.4, -0.2) is 67.6 Å². The summed E-state index contributed by atoms with van der Waals surface area (Å²) in [6, 6.07) is 0. The van der Waals surface area contributed by atoms with Crippen molar-refractivity contribution >= 4 is 6.29 Å². The fourth-order valence-corrected chi connectivity index (χ4v) is 1.86. The molecule has 4 heteroatoms. The highest BCUT2D eigenvalue weighted by atomic mass is 16.2. The average Bonchev–Trinajstić information content (AvgIpc) is 2.39. The highest BCUT2D eigenvalue weighted by Gasteiger charge is 2.15. The lowest BCUT2D eigenvalue weighted by atomic mass is 10.2. The van der Waals surface area contributed by atoms with Crippen molar-refractivity contribution in [3.8, 4) is 12.3 Å². The smallest absolute Gasteiger partial charge is 0.133 e. The molecule has 17 heavy (non-hydrogen) atoms. The molecular weight excluding hydrogens is 216 g/mol. The van der Waals surface area contributed by atoms with Gasteiger partial charge < -0.3 is 14.8 Å². The van der Waals surface area contributed by atoms with Gasteiger partial charge in [-0.3, -0.25) is 4.90 Å². The number of aldehydes is 1. The number of terminal acetylenes is 1. The zero-order valence-corrected chi connectivity index (χ0v) is 10.8. The molecule has 0 aromatic heterocycles. The number of rotatable bonds is 6. The number of nitrogens with zero attached hydrogens (tertiary/aromatic N) is 2. The molecule has 1 heterocycles. The van der Waals surface area contributed by atoms with E-state index < -0.39 is 0 Å². The van der Waals surface area contributed by atoms with Crippen LogP contribution in [0.25, 0.3) is 0 Å². The minimum Gasteiger partial charge on any atom is -0.400 e. The maximum Gasteiger partial charge on any atom is 0.133 e. The molecule has 0 aromatic carbocycles. The summed E-state index contributed by atoms with van der Waals surface area (Å²) >= 11 is 0. The number of aliphatic hydroxyl groups is 1. The second-order valence-corrected chi connectivity index (χ2v) is 3.97. The molecule has 1 N–H and O–H groups in total. The Morgan fingerprint density at radius 1 is 1.18 bits per heavy atom. The zero-order chi connectivity index (χ0) is 12.9. The van der Waals surface area contributed by atoms with Crippen LogP contribution in [0.15, 0.2) is 0 Å². The monoisotopic (exact) mass is 240 g/mol. The van der Waals surface area contributed by atoms with Gasteiger partial charge in [-0.2, -0.15) is 0 Å². The van der Waals surface area contributed by atoms with Crippen LogP contribution in [0.5, 0.6) is 0 Å². The van der Waals surface area contributed by atoms with Crippen LogP contribution in [0.4, 0.5) is 0 Å². The van der Waals surface area contributed by atoms with Gasteiger partial charge in [-0.1, -0.05) is 0 Å². The molecule has 98 valence electrons. The van der Waals surface area contributed by atoms with Crippen LogP contribution in [0, 0.1) is 12.3 Å². The molecule has 0 radical (unpaired) electrons. The maximum absolute atomic E-state index is 10.3. The average molecular weight is 240 g/mol. The molecule has 1 aliphatic rings. The van der Waals surface area contributed by atoms with Gasteiger partial charge in [0.2, 0.25) is 0 Å². The number of carbonyl (C=O) groups excluding carboxylic acids is 1. The number of unbranched alkanes of at least 4 members (excludes halogenated alkanes) is 2. The molecule has 0 aromatic rings. The molecule has 0 spiro atoms. The molecule has 1 saturated heterocycles. The van der Waals surface area contributed by atoms with Crippen molar-refractivity contribution in [3.63, 3.8) is 0 Å². The van der Waals surface area contributed by atoms with Gasteiger partial charge in [0.15, 0.2) is 0 Å². The first-order chi connectivity index (χ1) is 8.36. The molecule has 0 amide bonds. The Morgan fingerprint density at radius 3 is 2.29 bits per heavy atom. The van der Waals surface area contributed by atoms with Gasteiger partial charge in [0.25, 0.3) is 0 Å². The molecular formula is C13H24N2O2. The van der Waals surface area contributed by atoms with Crippen LogP contribution >= 0.6 is 0 Å². The van der Waals surface area contributed by atoms with Gasteiger partial charge >= 0.3 is 0 Å². The van der Waals surface area contributed by atoms with E-state index in [1.165, 1.54) is 6.42 Å². The van der Waals surface area contributed by atoms with Crippen LogP contribution in [0.2, 0.25) is 0 Å². The minimum atomic E-state index is 0.588. The topological polar surface area (TPSA) is 43.8 Å². The summed E-state index contributed by atoms with van der Waals surface area (Å²) in [5.41, 5.74) is 0. The van der Waals surface area contributed by atoms with Gasteiger partial charge in [-0.05, 0) is 19.4 Å². The van der Waals surface area contributed by atoms with E-state index in [-0.39, 0.29) is 0 Å². The highest BCUT2D eigenvalue weighted by molar-refractivity contribution is 5.51. The van der Waals surface area contributed by atoms with E-state index >= 15 is 0 Å². The van der Waals surface area contributed by atoms with E-state index in [4.69, 9.17) is 11.5 Å². The summed E-state index contributed by atoms with van der Waals surface area (Å²) < 4.78 is 0. The van der Waals surface area contributed by atoms with E-state index in [0.29, 0.717) is 6.54 Å². The Labute approximate surface area is 105 Å². The number of carbonyl (C=O) groups is 1. The van der Waals surface area contributed by atoms with Crippen molar-refractivity contribution in [2.45, 2.75) is 19.3 Å². The Hall–Kier alpha value is -0.890. The third-order valence-electron chi connectivity index (χ3n) is 2.84. The number of aliphatic hydroxyl groups excluding tert-OH is 1. The molecule has 1 fully saturated rings. The van der Waals surface area contributed by atoms with E-state index in [1.807, 2.05) is 0 Å². The molecule has 1 aliphatic heterocycles. The van der Waals surface area contributed by atoms with Crippen LogP contribution in [0.3, 0.4) is 0 Å². The standard InChI is InChI=1S/C12H20N2O.CH4O/c1-2-3-4-5-6-13-7-9-14(10-8-13)11-12-15;1-2/h1,12H,3-11H2;2H,1H3. The highest BCUT2D eigenvalue weighted by Crippen LogP contribution is 2.03. The van der Waals surface area contributed by atoms with Gasteiger partial charge in [0.05, 0.1) is 6.54 Å². The van der Waals surface area contributed by atoms with Crippen molar-refractivity contribution < 1.29 is 9.90 Å². The Morgan fingerprint density at radius 2 is 1.76 bits per heavy atom. The predicted octanol–water partition coefficient (Wildman–Crippen LogP) is 0.215. The quantitative estimate of drug-likeness (QED) is 0.410. The van der Waals surface area contributed by atoms with Crippen molar-refractivity contribution in [3.05, 3.63) is 0 Å². The van der Waals surface area contributed by atoms with Gasteiger partial charge in [0.1, 0.15) is 6.29 Å². The first kappa shape index (κ1) is 16.1. The van der Waals surface area contributed by atoms with Crippen LogP contribution in [0.1, 0.15) is 19.3 Å². The number of piperazine rings is 1. The fourth-order valence-electron chi connectivity index (χ4n) is 1.86. The fraction of sp³-hybridized carbons (Fsp3) is 0.769. The second-order valence-electron chi connectivity index (χ2n) is 3.97. The Kier molecular flexibility index (Phi) is 11.0. The van der Waals surface area contributed by atoms with Gasteiger partial charge in [0, 0.05) is 39.7 Å². The summed E-state index contributed by atoms with van der Waals surface area (Å²) in [5, 5.41) is 7.00. The van der Waals surface area contributed by atoms with Crippen molar-refractivity contribution in [2.24, 2.45) is 0 Å². The lowest BCUT2D eigenvalue weighted by molar-refractivity contribution is -0.109. The summed E-state index contributed by atoms with van der Waals surface area (Å²) in [6.45, 7) is 5.96. The molecule has 0 unspecified atom stereocenters. The summed E-state index contributed by atoms with van der Waals surface area (Å²) in [4.78, 5) is 15.0. The number of hydrogen-bond donors (Lipinski definition) is 1. The van der Waals surface area contributed by atoms with Crippen molar-refractivity contribution in [1.29, 1.82) is 0 Å². The normalized spacial score (nSPS) is 16.8. The molecule has 0 atom stereocenters. The molecule has 4 nitrogen and oxygen atoms in total. The maximum atomic E-state index is 10.3. The summed E-state index contributed by atoms with van der Waals surface area (Å²) in [7, 11) is 1.00. The van der Waals surface area contributed by atoms with E-state index in [0.717, 1.165) is 59.0 Å². The first-order valence-electron chi connectivity index (χ1n) is 6.13. The van der Waals surface area contributed by atoms with Crippen LogP contribution in [-0.2, 0) is 4.79 Å². The van der Waals surface area contributed by atoms with E-state index in [2.05, 4.69) is 15.7 Å². The first-order valence-corrected chi connectivity index (χ1v) is 6.13. The SMILES string of the molecule is C#CCCCCN1CCN(CC=O)CC1.CO. The lowest BCUT2D eigenvalue weighted by Gasteiger charge is -2.33. The summed E-state index contributed by atoms with van der Waals surface area (Å²) in [5.74, 6) is 2.66. The minimum absolute atomic E-state index is 0.588. The van der Waals surface area contributed by atoms with E-state index in [9.17, 15) is 4.79 Å². The van der Waals surface area contributed by atoms with E-state index in [1.54, 1.807) is 0 Å². The summed E-state index contributed by atoms with van der Waals surface area (Å²) in [6.07, 6.45) is 9.40. The molecule has 0 aliphatic carbocycles. The Balaban J connectivity index is 0.00000121. The van der Waals surface area contributed by atoms with Gasteiger partial charge in [-0.15, -0.1) is 12.3 Å². The molecule has 1 rings (SSSR count). The second kappa shape index (κ2) is 11.6. The van der Waals surface area contributed by atoms with Gasteiger partial charge in [-0.25, -0.2) is 0 Å². The third kappa shape index (κ3) is 7.92. The lowest BCUT2D eigenvalue weighted by Crippen LogP contribution is -2.46. The molecule has 0 bridgehead atoms. The largest absolute Gasteiger partial charge is 0.400 e. The Bertz CT molecular complexity index is 218. The van der Waals surface area contributed by atoms with Crippen molar-refractivity contribution in [1.82, 2.24) is 9.80 Å². The van der Waals surface area contributed by atoms with Crippen molar-refractivity contribution in [2.75, 3.05) is 46.4 Å². The molecule has 0 saturated carbocycles. The third-order valence-corrected chi connectivity index (χ3v) is 2.84. The number of hydrogen-bond acceptors (Lipinski definition) is 4. The predicted molar refractivity (Wildman–Crippen MR) is 69.8 cm³/mol.